The summed E-state index contributed by atoms with van der Waals surface area (Å²) in [6.45, 7) is 5.44. The molecule has 0 aliphatic rings. The molecule has 0 radical (unpaired) electrons. The Morgan fingerprint density at radius 3 is 2.64 bits per heavy atom. The van der Waals surface area contributed by atoms with E-state index in [1.54, 1.807) is 16.9 Å². The number of aromatic nitrogens is 2. The van der Waals surface area contributed by atoms with Crippen LogP contribution in [0, 0.1) is 10.1 Å². The van der Waals surface area contributed by atoms with E-state index in [1.807, 2.05) is 13.8 Å². The van der Waals surface area contributed by atoms with Crippen molar-refractivity contribution in [3.05, 3.63) is 46.1 Å². The van der Waals surface area contributed by atoms with Crippen LogP contribution in [0.2, 0.25) is 0 Å². The Balaban J connectivity index is 2.17. The molecular weight excluding hydrogens is 368 g/mol. The third kappa shape index (κ3) is 4.64. The molecule has 10 heteroatoms. The third-order valence-corrected chi connectivity index (χ3v) is 4.18. The minimum absolute atomic E-state index is 0.0103. The third-order valence-electron chi connectivity index (χ3n) is 4.18. The number of hydrogen-bond donors (Lipinski definition) is 1. The molecule has 0 spiro atoms. The molecular formula is C18H22N4O6. The average Bonchev–Trinajstić information content (AvgIpc) is 3.14. The van der Waals surface area contributed by atoms with Crippen molar-refractivity contribution < 1.29 is 24.0 Å². The molecule has 0 unspecified atom stereocenters. The maximum absolute atomic E-state index is 12.5. The summed E-state index contributed by atoms with van der Waals surface area (Å²) in [7, 11) is 1.18. The van der Waals surface area contributed by atoms with Crippen molar-refractivity contribution in [1.82, 2.24) is 9.78 Å². The fourth-order valence-corrected chi connectivity index (χ4v) is 2.41. The largest absolute Gasteiger partial charge is 0.474 e. The van der Waals surface area contributed by atoms with E-state index in [9.17, 15) is 19.7 Å². The Bertz CT molecular complexity index is 879. The van der Waals surface area contributed by atoms with Gasteiger partial charge in [-0.25, -0.2) is 9.48 Å². The summed E-state index contributed by atoms with van der Waals surface area (Å²) in [6.07, 6.45) is 1.38. The molecule has 0 aliphatic carbocycles. The molecule has 0 saturated carbocycles. The second-order valence-electron chi connectivity index (χ2n) is 6.10. The topological polar surface area (TPSA) is 126 Å². The number of hydrogen-bond acceptors (Lipinski definition) is 7. The lowest BCUT2D eigenvalue weighted by Gasteiger charge is -2.17. The summed E-state index contributed by atoms with van der Waals surface area (Å²) >= 11 is 0. The van der Waals surface area contributed by atoms with E-state index < -0.39 is 28.6 Å². The predicted octanol–water partition coefficient (Wildman–Crippen LogP) is 2.95. The molecule has 2 rings (SSSR count). The Kier molecular flexibility index (Phi) is 6.69. The summed E-state index contributed by atoms with van der Waals surface area (Å²) in [5.74, 6) is -0.823. The van der Waals surface area contributed by atoms with E-state index in [1.165, 1.54) is 26.2 Å². The molecule has 0 saturated heterocycles. The van der Waals surface area contributed by atoms with Gasteiger partial charge in [0.05, 0.1) is 29.8 Å². The smallest absolute Gasteiger partial charge is 0.338 e. The SMILES string of the molecule is CC[C@@H](C)n1nccc1NC(=O)[C@H](C)Oc1ccc(C(=O)OC)cc1[N+](=O)[O-]. The first-order chi connectivity index (χ1) is 13.3. The molecule has 1 amide bonds. The van der Waals surface area contributed by atoms with Gasteiger partial charge in [-0.05, 0) is 32.4 Å². The van der Waals surface area contributed by atoms with Crippen LogP contribution < -0.4 is 10.1 Å². The van der Waals surface area contributed by atoms with Crippen molar-refractivity contribution in [1.29, 1.82) is 0 Å². The molecule has 0 bridgehead atoms. The van der Waals surface area contributed by atoms with Gasteiger partial charge in [-0.3, -0.25) is 14.9 Å². The van der Waals surface area contributed by atoms with Crippen molar-refractivity contribution >= 4 is 23.4 Å². The molecule has 2 aromatic rings. The zero-order chi connectivity index (χ0) is 20.8. The first kappa shape index (κ1) is 20.9. The Labute approximate surface area is 161 Å². The summed E-state index contributed by atoms with van der Waals surface area (Å²) in [6, 6.07) is 5.39. The van der Waals surface area contributed by atoms with Crippen LogP contribution in [0.3, 0.4) is 0 Å². The highest BCUT2D eigenvalue weighted by Gasteiger charge is 2.24. The number of methoxy groups -OCH3 is 1. The van der Waals surface area contributed by atoms with Crippen LogP contribution >= 0.6 is 0 Å². The summed E-state index contributed by atoms with van der Waals surface area (Å²) in [5, 5.41) is 18.2. The molecule has 28 heavy (non-hydrogen) atoms. The Morgan fingerprint density at radius 2 is 2.04 bits per heavy atom. The van der Waals surface area contributed by atoms with Crippen molar-refractivity contribution in [2.75, 3.05) is 12.4 Å². The summed E-state index contributed by atoms with van der Waals surface area (Å²) in [5.41, 5.74) is -0.427. The van der Waals surface area contributed by atoms with E-state index in [0.717, 1.165) is 12.5 Å². The molecule has 10 nitrogen and oxygen atoms in total. The van der Waals surface area contributed by atoms with E-state index >= 15 is 0 Å². The van der Waals surface area contributed by atoms with E-state index in [0.29, 0.717) is 5.82 Å². The van der Waals surface area contributed by atoms with Gasteiger partial charge < -0.3 is 14.8 Å². The minimum atomic E-state index is -1.03. The maximum atomic E-state index is 12.5. The number of ether oxygens (including phenoxy) is 2. The molecule has 1 aromatic carbocycles. The maximum Gasteiger partial charge on any atom is 0.338 e. The van der Waals surface area contributed by atoms with E-state index in [2.05, 4.69) is 15.2 Å². The fraction of sp³-hybridized carbons (Fsp3) is 0.389. The van der Waals surface area contributed by atoms with Gasteiger partial charge >= 0.3 is 11.7 Å². The van der Waals surface area contributed by atoms with Gasteiger partial charge in [0.1, 0.15) is 5.82 Å². The van der Waals surface area contributed by atoms with E-state index in [-0.39, 0.29) is 17.4 Å². The van der Waals surface area contributed by atoms with Crippen molar-refractivity contribution in [3.63, 3.8) is 0 Å². The summed E-state index contributed by atoms with van der Waals surface area (Å²) < 4.78 is 11.7. The van der Waals surface area contributed by atoms with Crippen LogP contribution in [0.15, 0.2) is 30.5 Å². The van der Waals surface area contributed by atoms with Crippen LogP contribution in [-0.4, -0.2) is 39.8 Å². The lowest BCUT2D eigenvalue weighted by molar-refractivity contribution is -0.386. The van der Waals surface area contributed by atoms with Crippen LogP contribution in [-0.2, 0) is 9.53 Å². The van der Waals surface area contributed by atoms with Gasteiger partial charge in [-0.15, -0.1) is 0 Å². The van der Waals surface area contributed by atoms with Gasteiger partial charge in [-0.2, -0.15) is 5.10 Å². The van der Waals surface area contributed by atoms with Gasteiger partial charge in [0.15, 0.2) is 11.9 Å². The van der Waals surface area contributed by atoms with Gasteiger partial charge in [-0.1, -0.05) is 6.92 Å². The van der Waals surface area contributed by atoms with Gasteiger partial charge in [0.25, 0.3) is 5.91 Å². The second-order valence-corrected chi connectivity index (χ2v) is 6.10. The van der Waals surface area contributed by atoms with Crippen molar-refractivity contribution in [3.8, 4) is 5.75 Å². The molecule has 0 aliphatic heterocycles. The van der Waals surface area contributed by atoms with Gasteiger partial charge in [0.2, 0.25) is 0 Å². The van der Waals surface area contributed by atoms with Crippen LogP contribution in [0.1, 0.15) is 43.6 Å². The molecule has 1 N–H and O–H groups in total. The molecule has 1 aromatic heterocycles. The number of anilines is 1. The predicted molar refractivity (Wildman–Crippen MR) is 100 cm³/mol. The van der Waals surface area contributed by atoms with Crippen LogP contribution in [0.25, 0.3) is 0 Å². The number of esters is 1. The number of carbonyl (C=O) groups is 2. The summed E-state index contributed by atoms with van der Waals surface area (Å²) in [4.78, 5) is 34.6. The highest BCUT2D eigenvalue weighted by atomic mass is 16.6. The lowest BCUT2D eigenvalue weighted by atomic mass is 10.2. The quantitative estimate of drug-likeness (QED) is 0.417. The second kappa shape index (κ2) is 8.98. The van der Waals surface area contributed by atoms with Crippen molar-refractivity contribution in [2.45, 2.75) is 39.3 Å². The van der Waals surface area contributed by atoms with Gasteiger partial charge in [0, 0.05) is 12.1 Å². The first-order valence-electron chi connectivity index (χ1n) is 8.66. The fourth-order valence-electron chi connectivity index (χ4n) is 2.41. The normalized spacial score (nSPS) is 12.7. The lowest BCUT2D eigenvalue weighted by Crippen LogP contribution is -2.31. The standard InChI is InChI=1S/C18H22N4O6/c1-5-11(2)21-16(8-9-19-21)20-17(23)12(3)28-15-7-6-13(18(24)27-4)10-14(15)22(25)26/h6-12H,5H2,1-4H3,(H,20,23)/t11-,12+/m1/s1. The zero-order valence-electron chi connectivity index (χ0n) is 16.0. The Hall–Kier alpha value is -3.43. The molecule has 1 heterocycles. The number of rotatable bonds is 8. The molecule has 0 fully saturated rings. The number of nitro groups is 1. The highest BCUT2D eigenvalue weighted by molar-refractivity contribution is 5.93. The minimum Gasteiger partial charge on any atom is -0.474 e. The number of benzene rings is 1. The van der Waals surface area contributed by atoms with E-state index in [4.69, 9.17) is 4.74 Å². The highest BCUT2D eigenvalue weighted by Crippen LogP contribution is 2.29. The average molecular weight is 390 g/mol. The zero-order valence-corrected chi connectivity index (χ0v) is 16.0. The molecule has 2 atom stereocenters. The number of nitro benzene ring substituents is 1. The van der Waals surface area contributed by atoms with Crippen LogP contribution in [0.4, 0.5) is 11.5 Å². The Morgan fingerprint density at radius 1 is 1.32 bits per heavy atom. The van der Waals surface area contributed by atoms with Crippen LogP contribution in [0.5, 0.6) is 5.75 Å². The first-order valence-corrected chi connectivity index (χ1v) is 8.66. The number of carbonyl (C=O) groups excluding carboxylic acids is 2. The van der Waals surface area contributed by atoms with Crippen molar-refractivity contribution in [2.24, 2.45) is 0 Å². The number of amides is 1. The number of nitrogens with zero attached hydrogens (tertiary/aromatic N) is 3. The number of nitrogens with one attached hydrogen (secondary N) is 1. The molecule has 150 valence electrons. The monoisotopic (exact) mass is 390 g/mol.